The van der Waals surface area contributed by atoms with Gasteiger partial charge in [-0.25, -0.2) is 0 Å². The maximum Gasteiger partial charge on any atom is 0.254 e. The summed E-state index contributed by atoms with van der Waals surface area (Å²) in [5.74, 6) is -2.33. The highest BCUT2D eigenvalue weighted by atomic mass is 16.2. The van der Waals surface area contributed by atoms with Crippen LogP contribution in [0.1, 0.15) is 42.0 Å². The zero-order valence-electron chi connectivity index (χ0n) is 16.4. The van der Waals surface area contributed by atoms with Gasteiger partial charge in [-0.2, -0.15) is 0 Å². The van der Waals surface area contributed by atoms with Crippen LogP contribution in [0, 0.1) is 0 Å². The molecule has 0 amide bonds. The summed E-state index contributed by atoms with van der Waals surface area (Å²) in [4.78, 5) is 62.7. The Labute approximate surface area is 181 Å². The van der Waals surface area contributed by atoms with Gasteiger partial charge >= 0.3 is 0 Å². The number of fused-ring (bicyclic) bond motifs is 6. The van der Waals surface area contributed by atoms with Crippen molar-refractivity contribution in [3.05, 3.63) is 96.1 Å². The quantitative estimate of drug-likeness (QED) is 0.398. The maximum absolute atomic E-state index is 11.7. The smallest absolute Gasteiger partial charge is 0.254 e. The molecule has 0 spiro atoms. The summed E-state index contributed by atoms with van der Waals surface area (Å²) in [6.45, 7) is 0. The average Bonchev–Trinajstić information content (AvgIpc) is 2.86. The molecule has 0 aromatic carbocycles. The second-order valence-electron chi connectivity index (χ2n) is 6.91. The molecule has 0 saturated carbocycles. The van der Waals surface area contributed by atoms with Crippen LogP contribution in [0.2, 0.25) is 0 Å². The number of hydrogen-bond donors (Lipinski definition) is 0. The molecule has 0 radical (unpaired) electrons. The summed E-state index contributed by atoms with van der Waals surface area (Å²) in [5, 5.41) is 0. The zero-order chi connectivity index (χ0) is 22.2. The molecular weight excluding hydrogens is 408 g/mol. The van der Waals surface area contributed by atoms with Crippen molar-refractivity contribution in [1.29, 1.82) is 0 Å². The first-order valence-electron chi connectivity index (χ1n) is 9.57. The topological polar surface area (TPSA) is 120 Å². The fourth-order valence-electron chi connectivity index (χ4n) is 3.64. The Bertz CT molecular complexity index is 1240. The normalized spacial score (nSPS) is 13.2. The highest BCUT2D eigenvalue weighted by Gasteiger charge is 2.33. The lowest BCUT2D eigenvalue weighted by molar-refractivity contribution is 0.0809. The van der Waals surface area contributed by atoms with E-state index in [1.54, 1.807) is 48.5 Å². The van der Waals surface area contributed by atoms with Crippen LogP contribution in [-0.4, -0.2) is 43.1 Å². The maximum atomic E-state index is 11.7. The van der Waals surface area contributed by atoms with Gasteiger partial charge in [-0.3, -0.25) is 39.1 Å². The van der Waals surface area contributed by atoms with Crippen molar-refractivity contribution < 1.29 is 19.2 Å². The SMILES string of the molecule is O=C1C(=O)c2ncccc2-c2cccnc21.O=C1C(=O)c2ncccc2-c2cccnc21. The van der Waals surface area contributed by atoms with Crippen molar-refractivity contribution in [1.82, 2.24) is 19.9 Å². The molecule has 4 heterocycles. The first-order valence-corrected chi connectivity index (χ1v) is 9.57. The zero-order valence-corrected chi connectivity index (χ0v) is 16.4. The number of carbonyl (C=O) groups excluding carboxylic acids is 4. The molecule has 0 aliphatic heterocycles. The van der Waals surface area contributed by atoms with E-state index < -0.39 is 23.1 Å². The van der Waals surface area contributed by atoms with Crippen LogP contribution in [0.25, 0.3) is 22.3 Å². The van der Waals surface area contributed by atoms with Crippen molar-refractivity contribution in [2.75, 3.05) is 0 Å². The molecular formula is C24H12N4O4. The fraction of sp³-hybridized carbons (Fsp3) is 0. The Morgan fingerprint density at radius 1 is 0.375 bits per heavy atom. The summed E-state index contributed by atoms with van der Waals surface area (Å²) >= 11 is 0. The number of carbonyl (C=O) groups is 4. The van der Waals surface area contributed by atoms with Gasteiger partial charge in [0.1, 0.15) is 22.8 Å². The number of hydrogen-bond acceptors (Lipinski definition) is 8. The van der Waals surface area contributed by atoms with Crippen LogP contribution in [0.5, 0.6) is 0 Å². The van der Waals surface area contributed by atoms with Crippen molar-refractivity contribution in [3.8, 4) is 22.3 Å². The van der Waals surface area contributed by atoms with E-state index >= 15 is 0 Å². The predicted molar refractivity (Wildman–Crippen MR) is 112 cm³/mol. The molecule has 0 bridgehead atoms. The third-order valence-electron chi connectivity index (χ3n) is 5.08. The minimum absolute atomic E-state index is 0.216. The lowest BCUT2D eigenvalue weighted by Gasteiger charge is -2.14. The average molecular weight is 420 g/mol. The van der Waals surface area contributed by atoms with Crippen molar-refractivity contribution in [2.24, 2.45) is 0 Å². The third kappa shape index (κ3) is 2.93. The highest BCUT2D eigenvalue weighted by molar-refractivity contribution is 6.52. The van der Waals surface area contributed by atoms with Gasteiger partial charge in [-0.05, 0) is 24.3 Å². The molecule has 2 aliphatic carbocycles. The van der Waals surface area contributed by atoms with Crippen LogP contribution in [0.3, 0.4) is 0 Å². The Morgan fingerprint density at radius 3 is 0.812 bits per heavy atom. The highest BCUT2D eigenvalue weighted by Crippen LogP contribution is 2.31. The molecule has 0 N–H and O–H groups in total. The molecule has 6 rings (SSSR count). The largest absolute Gasteiger partial charge is 0.283 e. The van der Waals surface area contributed by atoms with Gasteiger partial charge in [-0.1, -0.05) is 24.3 Å². The van der Waals surface area contributed by atoms with E-state index in [0.717, 1.165) is 0 Å². The summed E-state index contributed by atoms with van der Waals surface area (Å²) in [6.07, 6.45) is 6.02. The molecule has 32 heavy (non-hydrogen) atoms. The second kappa shape index (κ2) is 7.51. The van der Waals surface area contributed by atoms with E-state index in [1.165, 1.54) is 24.8 Å². The van der Waals surface area contributed by atoms with E-state index in [0.29, 0.717) is 22.3 Å². The first kappa shape index (κ1) is 19.3. The molecule has 8 heteroatoms. The van der Waals surface area contributed by atoms with Crippen LogP contribution >= 0.6 is 0 Å². The Kier molecular flexibility index (Phi) is 4.52. The molecule has 8 nitrogen and oxygen atoms in total. The molecule has 0 fully saturated rings. The Morgan fingerprint density at radius 2 is 0.594 bits per heavy atom. The summed E-state index contributed by atoms with van der Waals surface area (Å²) < 4.78 is 0. The van der Waals surface area contributed by atoms with Gasteiger partial charge in [0, 0.05) is 47.0 Å². The van der Waals surface area contributed by atoms with E-state index in [4.69, 9.17) is 0 Å². The van der Waals surface area contributed by atoms with Crippen LogP contribution in [-0.2, 0) is 0 Å². The number of Topliss-reactive ketones (excluding diaryl/α,β-unsaturated/α-hetero) is 4. The number of nitrogens with zero attached hydrogens (tertiary/aromatic N) is 4. The lowest BCUT2D eigenvalue weighted by atomic mass is 9.90. The van der Waals surface area contributed by atoms with Gasteiger partial charge in [0.05, 0.1) is 0 Å². The molecule has 0 unspecified atom stereocenters. The van der Waals surface area contributed by atoms with Gasteiger partial charge in [0.2, 0.25) is 0 Å². The molecule has 4 aromatic heterocycles. The second-order valence-corrected chi connectivity index (χ2v) is 6.91. The monoisotopic (exact) mass is 420 g/mol. The van der Waals surface area contributed by atoms with E-state index in [1.807, 2.05) is 0 Å². The fourth-order valence-corrected chi connectivity index (χ4v) is 3.64. The number of ketones is 4. The van der Waals surface area contributed by atoms with Gasteiger partial charge in [0.15, 0.2) is 0 Å². The van der Waals surface area contributed by atoms with Crippen molar-refractivity contribution in [2.45, 2.75) is 0 Å². The van der Waals surface area contributed by atoms with Crippen molar-refractivity contribution >= 4 is 23.1 Å². The summed E-state index contributed by atoms with van der Waals surface area (Å²) in [7, 11) is 0. The van der Waals surface area contributed by atoms with Crippen LogP contribution in [0.15, 0.2) is 73.3 Å². The van der Waals surface area contributed by atoms with Crippen LogP contribution in [0.4, 0.5) is 0 Å². The van der Waals surface area contributed by atoms with Crippen molar-refractivity contribution in [3.63, 3.8) is 0 Å². The predicted octanol–water partition coefficient (Wildman–Crippen LogP) is 3.05. The minimum atomic E-state index is -0.582. The number of aromatic nitrogens is 4. The Balaban J connectivity index is 0.000000135. The first-order chi connectivity index (χ1) is 15.6. The summed E-state index contributed by atoms with van der Waals surface area (Å²) in [5.41, 5.74) is 3.57. The molecule has 2 aliphatic rings. The molecule has 152 valence electrons. The van der Waals surface area contributed by atoms with Gasteiger partial charge in [-0.15, -0.1) is 0 Å². The summed E-state index contributed by atoms with van der Waals surface area (Å²) in [6, 6.07) is 14.0. The lowest BCUT2D eigenvalue weighted by Crippen LogP contribution is -2.23. The minimum Gasteiger partial charge on any atom is -0.283 e. The molecule has 0 atom stereocenters. The van der Waals surface area contributed by atoms with Gasteiger partial charge < -0.3 is 0 Å². The molecule has 4 aromatic rings. The number of rotatable bonds is 0. The van der Waals surface area contributed by atoms with Gasteiger partial charge in [0.25, 0.3) is 23.1 Å². The number of pyridine rings is 4. The van der Waals surface area contributed by atoms with E-state index in [9.17, 15) is 19.2 Å². The van der Waals surface area contributed by atoms with Crippen LogP contribution < -0.4 is 0 Å². The third-order valence-corrected chi connectivity index (χ3v) is 5.08. The van der Waals surface area contributed by atoms with E-state index in [2.05, 4.69) is 19.9 Å². The Hall–Kier alpha value is -4.72. The molecule has 0 saturated heterocycles. The standard InChI is InChI=1S/2C12H6N2O2/c2*15-11-9-7(3-1-5-13-9)8-4-2-6-14-10(8)12(11)16/h2*1-6H. The van der Waals surface area contributed by atoms with E-state index in [-0.39, 0.29) is 22.8 Å².